The first-order valence-corrected chi connectivity index (χ1v) is 7.87. The zero-order valence-corrected chi connectivity index (χ0v) is 13.4. The van der Waals surface area contributed by atoms with Gasteiger partial charge in [-0.2, -0.15) is 0 Å². The van der Waals surface area contributed by atoms with Crippen molar-refractivity contribution in [2.75, 3.05) is 6.54 Å². The van der Waals surface area contributed by atoms with Crippen molar-refractivity contribution < 1.29 is 19.1 Å². The summed E-state index contributed by atoms with van der Waals surface area (Å²) in [5.74, 6) is -1.24. The summed E-state index contributed by atoms with van der Waals surface area (Å²) < 4.78 is 4.69. The molecule has 0 aliphatic rings. The second kappa shape index (κ2) is 12.3. The highest BCUT2D eigenvalue weighted by atomic mass is 16.6. The molecule has 0 rings (SSSR count). The first kappa shape index (κ1) is 20.7. The fraction of sp³-hybridized carbons (Fsp3) is 0.800. The number of ketones is 1. The number of ether oxygens (including phenoxy) is 1. The molecule has 7 heteroatoms. The number of esters is 2. The van der Waals surface area contributed by atoms with E-state index < -0.39 is 24.0 Å². The lowest BCUT2D eigenvalue weighted by molar-refractivity contribution is -0.160. The van der Waals surface area contributed by atoms with E-state index in [1.54, 1.807) is 6.92 Å². The highest BCUT2D eigenvalue weighted by molar-refractivity contribution is 5.88. The maximum atomic E-state index is 11.5. The van der Waals surface area contributed by atoms with Gasteiger partial charge in [0.05, 0.1) is 6.04 Å². The van der Waals surface area contributed by atoms with Gasteiger partial charge in [0, 0.05) is 12.8 Å². The minimum absolute atomic E-state index is 0.0150. The van der Waals surface area contributed by atoms with Crippen molar-refractivity contribution in [3.8, 4) is 0 Å². The molecule has 0 saturated heterocycles. The highest BCUT2D eigenvalue weighted by Gasteiger charge is 2.18. The number of hydrogen-bond acceptors (Lipinski definition) is 7. The molecule has 0 aliphatic carbocycles. The average Bonchev–Trinajstić information content (AvgIpc) is 2.46. The Kier molecular flexibility index (Phi) is 11.5. The Morgan fingerprint density at radius 2 is 1.59 bits per heavy atom. The topological polar surface area (TPSA) is 138 Å². The molecule has 6 N–H and O–H groups in total. The third-order valence-electron chi connectivity index (χ3n) is 3.30. The van der Waals surface area contributed by atoms with E-state index in [2.05, 4.69) is 4.74 Å². The Hall–Kier alpha value is -1.31. The monoisotopic (exact) mass is 315 g/mol. The lowest BCUT2D eigenvalue weighted by Crippen LogP contribution is -2.33. The molecular weight excluding hydrogens is 286 g/mol. The SMILES string of the molecule is CC(N)C(=O)CCCCCC(=O)OC(=O)[C@@H](N)CCCCN. The van der Waals surface area contributed by atoms with Crippen molar-refractivity contribution in [1.82, 2.24) is 0 Å². The summed E-state index contributed by atoms with van der Waals surface area (Å²) in [6.45, 7) is 2.20. The van der Waals surface area contributed by atoms with Gasteiger partial charge in [0.25, 0.3) is 0 Å². The van der Waals surface area contributed by atoms with Crippen molar-refractivity contribution in [2.24, 2.45) is 17.2 Å². The minimum Gasteiger partial charge on any atom is -0.392 e. The molecule has 0 fully saturated rings. The van der Waals surface area contributed by atoms with Crippen LogP contribution in [0.1, 0.15) is 58.3 Å². The highest BCUT2D eigenvalue weighted by Crippen LogP contribution is 2.07. The third-order valence-corrected chi connectivity index (χ3v) is 3.30. The Morgan fingerprint density at radius 1 is 0.955 bits per heavy atom. The Labute approximate surface area is 131 Å². The van der Waals surface area contributed by atoms with Gasteiger partial charge < -0.3 is 21.9 Å². The van der Waals surface area contributed by atoms with E-state index in [0.717, 1.165) is 12.8 Å². The molecule has 0 aromatic rings. The van der Waals surface area contributed by atoms with Crippen molar-refractivity contribution in [2.45, 2.75) is 70.4 Å². The van der Waals surface area contributed by atoms with Gasteiger partial charge in [-0.25, -0.2) is 4.79 Å². The van der Waals surface area contributed by atoms with Crippen LogP contribution in [0.3, 0.4) is 0 Å². The second-order valence-electron chi connectivity index (χ2n) is 5.50. The first-order valence-electron chi connectivity index (χ1n) is 7.87. The van der Waals surface area contributed by atoms with Crippen LogP contribution in [-0.4, -0.2) is 36.4 Å². The Bertz CT molecular complexity index is 359. The van der Waals surface area contributed by atoms with Crippen LogP contribution in [0.15, 0.2) is 0 Å². The molecule has 0 saturated carbocycles. The molecule has 0 spiro atoms. The molecule has 0 heterocycles. The van der Waals surface area contributed by atoms with Crippen molar-refractivity contribution in [3.63, 3.8) is 0 Å². The van der Waals surface area contributed by atoms with Crippen molar-refractivity contribution in [1.29, 1.82) is 0 Å². The van der Waals surface area contributed by atoms with Gasteiger partial charge in [-0.3, -0.25) is 9.59 Å². The van der Waals surface area contributed by atoms with Crippen LogP contribution in [-0.2, 0) is 19.1 Å². The van der Waals surface area contributed by atoms with Crippen LogP contribution in [0.4, 0.5) is 0 Å². The predicted octanol–water partition coefficient (Wildman–Crippen LogP) is 0.379. The van der Waals surface area contributed by atoms with Gasteiger partial charge >= 0.3 is 11.9 Å². The van der Waals surface area contributed by atoms with Crippen LogP contribution in [0.2, 0.25) is 0 Å². The van der Waals surface area contributed by atoms with Gasteiger partial charge in [-0.15, -0.1) is 0 Å². The molecule has 0 amide bonds. The number of unbranched alkanes of at least 4 members (excludes halogenated alkanes) is 3. The van der Waals surface area contributed by atoms with E-state index in [-0.39, 0.29) is 12.2 Å². The Balaban J connectivity index is 3.72. The predicted molar refractivity (Wildman–Crippen MR) is 83.7 cm³/mol. The zero-order chi connectivity index (χ0) is 17.0. The largest absolute Gasteiger partial charge is 0.392 e. The van der Waals surface area contributed by atoms with Crippen molar-refractivity contribution in [3.05, 3.63) is 0 Å². The summed E-state index contributed by atoms with van der Waals surface area (Å²) in [5.41, 5.74) is 16.4. The van der Waals surface area contributed by atoms with Crippen molar-refractivity contribution >= 4 is 17.7 Å². The average molecular weight is 315 g/mol. The molecule has 0 radical (unpaired) electrons. The molecule has 0 aromatic carbocycles. The van der Waals surface area contributed by atoms with E-state index in [1.807, 2.05) is 0 Å². The molecule has 0 aliphatic heterocycles. The zero-order valence-electron chi connectivity index (χ0n) is 13.4. The van der Waals surface area contributed by atoms with Crippen LogP contribution >= 0.6 is 0 Å². The molecule has 7 nitrogen and oxygen atoms in total. The number of carbonyl (C=O) groups excluding carboxylic acids is 3. The molecule has 0 aromatic heterocycles. The van der Waals surface area contributed by atoms with E-state index in [0.29, 0.717) is 38.6 Å². The fourth-order valence-corrected chi connectivity index (χ4v) is 1.84. The van der Waals surface area contributed by atoms with Gasteiger partial charge in [0.15, 0.2) is 0 Å². The number of hydrogen-bond donors (Lipinski definition) is 3. The normalized spacial score (nSPS) is 13.5. The maximum absolute atomic E-state index is 11.5. The Morgan fingerprint density at radius 3 is 2.18 bits per heavy atom. The fourth-order valence-electron chi connectivity index (χ4n) is 1.84. The number of nitrogens with two attached hydrogens (primary N) is 3. The molecule has 22 heavy (non-hydrogen) atoms. The van der Waals surface area contributed by atoms with Gasteiger partial charge in [-0.05, 0) is 39.2 Å². The van der Waals surface area contributed by atoms with Gasteiger partial charge in [-0.1, -0.05) is 12.8 Å². The molecular formula is C15H29N3O4. The summed E-state index contributed by atoms with van der Waals surface area (Å²) in [7, 11) is 0. The van der Waals surface area contributed by atoms with Gasteiger partial charge in [0.1, 0.15) is 11.8 Å². The first-order chi connectivity index (χ1) is 10.4. The molecule has 2 atom stereocenters. The summed E-state index contributed by atoms with van der Waals surface area (Å²) >= 11 is 0. The third kappa shape index (κ3) is 10.4. The van der Waals surface area contributed by atoms with Gasteiger partial charge in [0.2, 0.25) is 0 Å². The molecule has 0 bridgehead atoms. The number of rotatable bonds is 12. The molecule has 128 valence electrons. The van der Waals surface area contributed by atoms with E-state index in [9.17, 15) is 14.4 Å². The summed E-state index contributed by atoms with van der Waals surface area (Å²) in [5, 5.41) is 0. The number of carbonyl (C=O) groups is 3. The second-order valence-corrected chi connectivity index (χ2v) is 5.50. The van der Waals surface area contributed by atoms with E-state index in [1.165, 1.54) is 0 Å². The van der Waals surface area contributed by atoms with Crippen LogP contribution in [0.25, 0.3) is 0 Å². The lowest BCUT2D eigenvalue weighted by atomic mass is 10.1. The minimum atomic E-state index is -0.779. The quantitative estimate of drug-likeness (QED) is 0.269. The molecule has 1 unspecified atom stereocenters. The van der Waals surface area contributed by atoms with Crippen LogP contribution in [0, 0.1) is 0 Å². The van der Waals surface area contributed by atoms with Crippen LogP contribution < -0.4 is 17.2 Å². The standard InChI is InChI=1S/C15H29N3O4/c1-11(17)13(19)8-3-2-4-9-14(20)22-15(21)12(18)7-5-6-10-16/h11-12H,2-10,16-18H2,1H3/t11?,12-/m0/s1. The smallest absolute Gasteiger partial charge is 0.330 e. The maximum Gasteiger partial charge on any atom is 0.330 e. The summed E-state index contributed by atoms with van der Waals surface area (Å²) in [4.78, 5) is 34.3. The summed E-state index contributed by atoms with van der Waals surface area (Å²) in [6, 6.07) is -1.22. The number of Topliss-reactive ketones (excluding diaryl/α,β-unsaturated/α-hetero) is 1. The van der Waals surface area contributed by atoms with E-state index >= 15 is 0 Å². The van der Waals surface area contributed by atoms with Crippen LogP contribution in [0.5, 0.6) is 0 Å². The van der Waals surface area contributed by atoms with E-state index in [4.69, 9.17) is 17.2 Å². The summed E-state index contributed by atoms with van der Waals surface area (Å²) in [6.07, 6.45) is 4.50. The lowest BCUT2D eigenvalue weighted by Gasteiger charge is -2.10.